The van der Waals surface area contributed by atoms with Crippen molar-refractivity contribution >= 4 is 39.9 Å². The number of carbonyl (C=O) groups is 1. The van der Waals surface area contributed by atoms with Crippen molar-refractivity contribution in [2.45, 2.75) is 13.8 Å². The van der Waals surface area contributed by atoms with Crippen molar-refractivity contribution in [1.82, 2.24) is 0 Å². The van der Waals surface area contributed by atoms with Crippen LogP contribution in [-0.4, -0.2) is 32.2 Å². The van der Waals surface area contributed by atoms with Crippen LogP contribution < -0.4 is 10.2 Å². The summed E-state index contributed by atoms with van der Waals surface area (Å²) in [6.07, 6.45) is 0. The Morgan fingerprint density at radius 2 is 1.85 bits per heavy atom. The molecule has 1 aromatic heterocycles. The molecule has 0 saturated carbocycles. The lowest BCUT2D eigenvalue weighted by Crippen LogP contribution is -2.37. The molecule has 2 heterocycles. The lowest BCUT2D eigenvalue weighted by molar-refractivity contribution is 0.0998. The Morgan fingerprint density at radius 1 is 1.11 bits per heavy atom. The number of nitrogens with zero attached hydrogens (tertiary/aromatic N) is 1. The smallest absolute Gasteiger partial charge is 0.291 e. The molecule has 140 valence electrons. The number of anilines is 2. The molecule has 2 aromatic carbocycles. The Morgan fingerprint density at radius 3 is 2.59 bits per heavy atom. The van der Waals surface area contributed by atoms with Gasteiger partial charge in [0.2, 0.25) is 0 Å². The predicted octanol–water partition coefficient (Wildman–Crippen LogP) is 4.79. The monoisotopic (exact) mass is 384 g/mol. The number of fused-ring (bicyclic) bond motifs is 1. The number of ether oxygens (including phenoxy) is 1. The third-order valence-electron chi connectivity index (χ3n) is 4.93. The van der Waals surface area contributed by atoms with Crippen LogP contribution in [-0.2, 0) is 4.74 Å². The topological polar surface area (TPSA) is 54.7 Å². The minimum Gasteiger partial charge on any atom is -0.450 e. The maximum Gasteiger partial charge on any atom is 0.291 e. The molecular weight excluding hydrogens is 364 g/mol. The number of furan rings is 1. The Balaban J connectivity index is 1.69. The first-order chi connectivity index (χ1) is 13.1. The summed E-state index contributed by atoms with van der Waals surface area (Å²) in [6.45, 7) is 6.62. The molecule has 5 nitrogen and oxygen atoms in total. The summed E-state index contributed by atoms with van der Waals surface area (Å²) in [6, 6.07) is 11.4. The maximum absolute atomic E-state index is 13.0. The van der Waals surface area contributed by atoms with E-state index in [0.717, 1.165) is 40.9 Å². The van der Waals surface area contributed by atoms with Gasteiger partial charge in [-0.2, -0.15) is 0 Å². The van der Waals surface area contributed by atoms with Gasteiger partial charge in [-0.25, -0.2) is 0 Å². The molecule has 27 heavy (non-hydrogen) atoms. The van der Waals surface area contributed by atoms with E-state index in [1.165, 1.54) is 0 Å². The Labute approximate surface area is 162 Å². The van der Waals surface area contributed by atoms with Crippen LogP contribution >= 0.6 is 11.6 Å². The van der Waals surface area contributed by atoms with Crippen LogP contribution in [0.15, 0.2) is 40.8 Å². The molecule has 6 heteroatoms. The van der Waals surface area contributed by atoms with Crippen molar-refractivity contribution in [3.8, 4) is 0 Å². The molecule has 1 N–H and O–H groups in total. The van der Waals surface area contributed by atoms with Gasteiger partial charge >= 0.3 is 0 Å². The number of hydrogen-bond donors (Lipinski definition) is 1. The Bertz CT molecular complexity index is 1010. The predicted molar refractivity (Wildman–Crippen MR) is 108 cm³/mol. The zero-order valence-corrected chi connectivity index (χ0v) is 16.1. The molecule has 0 aliphatic carbocycles. The molecule has 1 fully saturated rings. The fraction of sp³-hybridized carbons (Fsp3) is 0.286. The van der Waals surface area contributed by atoms with Gasteiger partial charge in [-0.05, 0) is 31.5 Å². The van der Waals surface area contributed by atoms with Crippen LogP contribution in [0.1, 0.15) is 21.7 Å². The first kappa shape index (κ1) is 17.9. The fourth-order valence-electron chi connectivity index (χ4n) is 3.50. The van der Waals surface area contributed by atoms with Gasteiger partial charge in [0.15, 0.2) is 5.76 Å². The summed E-state index contributed by atoms with van der Waals surface area (Å²) in [5.41, 5.74) is 4.08. The summed E-state index contributed by atoms with van der Waals surface area (Å²) >= 11 is 6.45. The molecule has 4 rings (SSSR count). The van der Waals surface area contributed by atoms with Crippen molar-refractivity contribution in [2.24, 2.45) is 0 Å². The number of amides is 1. The van der Waals surface area contributed by atoms with E-state index in [0.29, 0.717) is 29.7 Å². The molecule has 0 radical (unpaired) electrons. The van der Waals surface area contributed by atoms with E-state index < -0.39 is 0 Å². The van der Waals surface area contributed by atoms with Gasteiger partial charge in [-0.15, -0.1) is 0 Å². The van der Waals surface area contributed by atoms with E-state index in [1.807, 2.05) is 50.2 Å². The molecule has 0 unspecified atom stereocenters. The zero-order chi connectivity index (χ0) is 19.0. The number of para-hydroxylation sites is 2. The van der Waals surface area contributed by atoms with E-state index in [2.05, 4.69) is 10.2 Å². The van der Waals surface area contributed by atoms with E-state index in [9.17, 15) is 4.79 Å². The van der Waals surface area contributed by atoms with Crippen LogP contribution in [0.2, 0.25) is 5.02 Å². The average molecular weight is 385 g/mol. The second kappa shape index (κ2) is 7.25. The molecule has 0 bridgehead atoms. The highest BCUT2D eigenvalue weighted by molar-refractivity contribution is 6.34. The molecule has 1 aliphatic rings. The third-order valence-corrected chi connectivity index (χ3v) is 5.23. The number of hydrogen-bond acceptors (Lipinski definition) is 4. The van der Waals surface area contributed by atoms with Gasteiger partial charge in [0.05, 0.1) is 29.6 Å². The second-order valence-electron chi connectivity index (χ2n) is 6.70. The SMILES string of the molecule is Cc1c(C(=O)Nc2cccc(Cl)c2N2CCOCC2)oc2c(C)cccc12. The number of halogens is 1. The first-order valence-corrected chi connectivity index (χ1v) is 9.35. The minimum atomic E-state index is -0.278. The van der Waals surface area contributed by atoms with Crippen LogP contribution in [0.3, 0.4) is 0 Å². The third kappa shape index (κ3) is 3.29. The lowest BCUT2D eigenvalue weighted by Gasteiger charge is -2.31. The number of nitrogens with one attached hydrogen (secondary N) is 1. The normalized spacial score (nSPS) is 14.6. The van der Waals surface area contributed by atoms with Gasteiger partial charge in [0.1, 0.15) is 5.58 Å². The minimum absolute atomic E-state index is 0.278. The van der Waals surface area contributed by atoms with E-state index >= 15 is 0 Å². The molecule has 1 amide bonds. The van der Waals surface area contributed by atoms with Crippen molar-refractivity contribution in [3.63, 3.8) is 0 Å². The molecule has 3 aromatic rings. The maximum atomic E-state index is 13.0. The molecular formula is C21H21ClN2O3. The van der Waals surface area contributed by atoms with Crippen molar-refractivity contribution < 1.29 is 13.9 Å². The number of carbonyl (C=O) groups excluding carboxylic acids is 1. The standard InChI is InChI=1S/C21H21ClN2O3/c1-13-5-3-6-15-14(2)20(27-19(13)15)21(25)23-17-8-4-7-16(22)18(17)24-9-11-26-12-10-24/h3-8H,9-12H2,1-2H3,(H,23,25). The lowest BCUT2D eigenvalue weighted by atomic mass is 10.1. The second-order valence-corrected chi connectivity index (χ2v) is 7.10. The van der Waals surface area contributed by atoms with Crippen molar-refractivity contribution in [3.05, 3.63) is 58.3 Å². The summed E-state index contributed by atoms with van der Waals surface area (Å²) < 4.78 is 11.3. The highest BCUT2D eigenvalue weighted by Crippen LogP contribution is 2.35. The van der Waals surface area contributed by atoms with Gasteiger partial charge in [-0.3, -0.25) is 4.79 Å². The highest BCUT2D eigenvalue weighted by Gasteiger charge is 2.22. The Kier molecular flexibility index (Phi) is 4.81. The van der Waals surface area contributed by atoms with E-state index in [1.54, 1.807) is 0 Å². The van der Waals surface area contributed by atoms with Crippen LogP contribution in [0.5, 0.6) is 0 Å². The summed E-state index contributed by atoms with van der Waals surface area (Å²) in [7, 11) is 0. The first-order valence-electron chi connectivity index (χ1n) is 8.97. The van der Waals surface area contributed by atoms with Crippen molar-refractivity contribution in [1.29, 1.82) is 0 Å². The van der Waals surface area contributed by atoms with Gasteiger partial charge < -0.3 is 19.4 Å². The van der Waals surface area contributed by atoms with Gasteiger partial charge in [0.25, 0.3) is 5.91 Å². The van der Waals surface area contributed by atoms with Crippen LogP contribution in [0.4, 0.5) is 11.4 Å². The number of morpholine rings is 1. The average Bonchev–Trinajstić information content (AvgIpc) is 3.01. The van der Waals surface area contributed by atoms with Crippen molar-refractivity contribution in [2.75, 3.05) is 36.5 Å². The number of rotatable bonds is 3. The van der Waals surface area contributed by atoms with E-state index in [-0.39, 0.29) is 5.91 Å². The number of benzene rings is 2. The van der Waals surface area contributed by atoms with E-state index in [4.69, 9.17) is 20.8 Å². The van der Waals surface area contributed by atoms with Gasteiger partial charge in [0, 0.05) is 24.0 Å². The van der Waals surface area contributed by atoms with Crippen LogP contribution in [0, 0.1) is 13.8 Å². The summed E-state index contributed by atoms with van der Waals surface area (Å²) in [4.78, 5) is 15.1. The molecule has 1 aliphatic heterocycles. The summed E-state index contributed by atoms with van der Waals surface area (Å²) in [5.74, 6) is 0.0482. The summed E-state index contributed by atoms with van der Waals surface area (Å²) in [5, 5.41) is 4.55. The van der Waals surface area contributed by atoms with Crippen LogP contribution in [0.25, 0.3) is 11.0 Å². The highest BCUT2D eigenvalue weighted by atomic mass is 35.5. The largest absolute Gasteiger partial charge is 0.450 e. The molecule has 1 saturated heterocycles. The zero-order valence-electron chi connectivity index (χ0n) is 15.3. The number of aryl methyl sites for hydroxylation is 2. The fourth-order valence-corrected chi connectivity index (χ4v) is 3.80. The quantitative estimate of drug-likeness (QED) is 0.705. The molecule has 0 atom stereocenters. The van der Waals surface area contributed by atoms with Gasteiger partial charge in [-0.1, -0.05) is 35.9 Å². The Hall–Kier alpha value is -2.50. The molecule has 0 spiro atoms.